The zero-order chi connectivity index (χ0) is 15.2. The lowest BCUT2D eigenvalue weighted by atomic mass is 9.96. The number of amides is 1. The van der Waals surface area contributed by atoms with Gasteiger partial charge in [0.2, 0.25) is 0 Å². The van der Waals surface area contributed by atoms with E-state index in [0.717, 1.165) is 13.1 Å². The third-order valence-corrected chi connectivity index (χ3v) is 3.96. The zero-order valence-electron chi connectivity index (χ0n) is 12.6. The van der Waals surface area contributed by atoms with Crippen LogP contribution >= 0.6 is 0 Å². The van der Waals surface area contributed by atoms with E-state index >= 15 is 0 Å². The fraction of sp³-hybridized carbons (Fsp3) is 0.562. The van der Waals surface area contributed by atoms with Gasteiger partial charge >= 0.3 is 0 Å². The Morgan fingerprint density at radius 2 is 2.10 bits per heavy atom. The topological polar surface area (TPSA) is 81.6 Å². The largest absolute Gasteiger partial charge is 0.484 e. The predicted octanol–water partition coefficient (Wildman–Crippen LogP) is 1.25. The van der Waals surface area contributed by atoms with Crippen molar-refractivity contribution in [3.63, 3.8) is 0 Å². The molecule has 1 heterocycles. The molecule has 2 atom stereocenters. The van der Waals surface area contributed by atoms with Gasteiger partial charge in [0.25, 0.3) is 5.91 Å². The van der Waals surface area contributed by atoms with Crippen molar-refractivity contribution in [2.45, 2.75) is 44.8 Å². The lowest BCUT2D eigenvalue weighted by molar-refractivity contribution is -0.119. The van der Waals surface area contributed by atoms with Crippen molar-refractivity contribution < 1.29 is 9.53 Å². The van der Waals surface area contributed by atoms with Gasteiger partial charge in [-0.1, -0.05) is 18.6 Å². The van der Waals surface area contributed by atoms with Gasteiger partial charge in [-0.15, -0.1) is 0 Å². The van der Waals surface area contributed by atoms with Crippen LogP contribution in [0.4, 0.5) is 0 Å². The van der Waals surface area contributed by atoms with E-state index in [1.807, 2.05) is 24.3 Å². The van der Waals surface area contributed by atoms with Gasteiger partial charge in [-0.25, -0.2) is 0 Å². The fourth-order valence-electron chi connectivity index (χ4n) is 2.89. The second-order valence-electron chi connectivity index (χ2n) is 5.79. The summed E-state index contributed by atoms with van der Waals surface area (Å²) in [6.45, 7) is 4.01. The molecule has 1 aromatic rings. The standard InChI is InChI=1S/C16H25N3O2/c1-12(17)15-4-2-3-9-19(15)10-13-5-7-14(8-6-13)21-11-16(18)20/h5-8,12,15H,2-4,9-11,17H2,1H3,(H2,18,20). The van der Waals surface area contributed by atoms with Crippen molar-refractivity contribution in [3.05, 3.63) is 29.8 Å². The smallest absolute Gasteiger partial charge is 0.255 e. The fourth-order valence-corrected chi connectivity index (χ4v) is 2.89. The quantitative estimate of drug-likeness (QED) is 0.826. The summed E-state index contributed by atoms with van der Waals surface area (Å²) >= 11 is 0. The highest BCUT2D eigenvalue weighted by Gasteiger charge is 2.25. The molecule has 2 rings (SSSR count). The summed E-state index contributed by atoms with van der Waals surface area (Å²) in [5.41, 5.74) is 12.4. The number of piperidine rings is 1. The van der Waals surface area contributed by atoms with Gasteiger partial charge in [0, 0.05) is 18.6 Å². The summed E-state index contributed by atoms with van der Waals surface area (Å²) in [6, 6.07) is 8.48. The third kappa shape index (κ3) is 4.72. The molecule has 0 spiro atoms. The highest BCUT2D eigenvalue weighted by Crippen LogP contribution is 2.22. The average molecular weight is 291 g/mol. The molecule has 1 amide bonds. The molecule has 0 radical (unpaired) electrons. The van der Waals surface area contributed by atoms with Crippen molar-refractivity contribution in [2.75, 3.05) is 13.2 Å². The Balaban J connectivity index is 1.94. The number of carbonyl (C=O) groups is 1. The average Bonchev–Trinajstić information content (AvgIpc) is 2.47. The van der Waals surface area contributed by atoms with Gasteiger partial charge in [-0.3, -0.25) is 9.69 Å². The third-order valence-electron chi connectivity index (χ3n) is 3.96. The van der Waals surface area contributed by atoms with E-state index < -0.39 is 5.91 Å². The molecule has 116 valence electrons. The van der Waals surface area contributed by atoms with Crippen molar-refractivity contribution >= 4 is 5.91 Å². The summed E-state index contributed by atoms with van der Waals surface area (Å²) in [4.78, 5) is 13.1. The molecule has 0 aromatic heterocycles. The number of likely N-dealkylation sites (tertiary alicyclic amines) is 1. The Morgan fingerprint density at radius 3 is 2.71 bits per heavy atom. The molecule has 1 aromatic carbocycles. The molecule has 1 aliphatic heterocycles. The van der Waals surface area contributed by atoms with E-state index in [1.165, 1.54) is 24.8 Å². The summed E-state index contributed by atoms with van der Waals surface area (Å²) in [5, 5.41) is 0. The summed E-state index contributed by atoms with van der Waals surface area (Å²) in [5.74, 6) is 0.201. The summed E-state index contributed by atoms with van der Waals surface area (Å²) in [7, 11) is 0. The van der Waals surface area contributed by atoms with E-state index in [1.54, 1.807) is 0 Å². The molecule has 5 nitrogen and oxygen atoms in total. The first kappa shape index (κ1) is 15.8. The molecular formula is C16H25N3O2. The van der Waals surface area contributed by atoms with E-state index in [9.17, 15) is 4.79 Å². The summed E-state index contributed by atoms with van der Waals surface area (Å²) < 4.78 is 5.26. The maximum Gasteiger partial charge on any atom is 0.255 e. The van der Waals surface area contributed by atoms with Crippen molar-refractivity contribution in [3.8, 4) is 5.75 Å². The SMILES string of the molecule is CC(N)C1CCCCN1Cc1ccc(OCC(N)=O)cc1. The van der Waals surface area contributed by atoms with Gasteiger partial charge in [0.1, 0.15) is 5.75 Å². The summed E-state index contributed by atoms with van der Waals surface area (Å²) in [6.07, 6.45) is 3.68. The molecule has 0 aliphatic carbocycles. The number of nitrogens with two attached hydrogens (primary N) is 2. The van der Waals surface area contributed by atoms with Gasteiger partial charge in [-0.2, -0.15) is 0 Å². The van der Waals surface area contributed by atoms with Crippen LogP contribution in [-0.4, -0.2) is 36.0 Å². The molecule has 1 saturated heterocycles. The van der Waals surface area contributed by atoms with E-state index in [0.29, 0.717) is 11.8 Å². The molecular weight excluding hydrogens is 266 g/mol. The van der Waals surface area contributed by atoms with Gasteiger partial charge in [-0.05, 0) is 44.0 Å². The van der Waals surface area contributed by atoms with Crippen LogP contribution in [0.2, 0.25) is 0 Å². The minimum absolute atomic E-state index is 0.0851. The molecule has 2 unspecified atom stereocenters. The minimum Gasteiger partial charge on any atom is -0.484 e. The van der Waals surface area contributed by atoms with Crippen LogP contribution in [0.1, 0.15) is 31.7 Å². The Bertz CT molecular complexity index is 459. The molecule has 5 heteroatoms. The van der Waals surface area contributed by atoms with Crippen LogP contribution in [-0.2, 0) is 11.3 Å². The second kappa shape index (κ2) is 7.43. The number of hydrogen-bond donors (Lipinski definition) is 2. The predicted molar refractivity (Wildman–Crippen MR) is 82.8 cm³/mol. The number of benzene rings is 1. The lowest BCUT2D eigenvalue weighted by Crippen LogP contribution is -2.48. The van der Waals surface area contributed by atoms with Crippen LogP contribution < -0.4 is 16.2 Å². The Labute approximate surface area is 126 Å². The van der Waals surface area contributed by atoms with E-state index in [2.05, 4.69) is 11.8 Å². The van der Waals surface area contributed by atoms with Crippen LogP contribution in [0, 0.1) is 0 Å². The molecule has 1 fully saturated rings. The number of nitrogens with zero attached hydrogens (tertiary/aromatic N) is 1. The Morgan fingerprint density at radius 1 is 1.38 bits per heavy atom. The molecule has 1 aliphatic rings. The molecule has 0 saturated carbocycles. The van der Waals surface area contributed by atoms with E-state index in [-0.39, 0.29) is 12.6 Å². The number of rotatable bonds is 6. The van der Waals surface area contributed by atoms with Crippen LogP contribution in [0.15, 0.2) is 24.3 Å². The highest BCUT2D eigenvalue weighted by molar-refractivity contribution is 5.75. The van der Waals surface area contributed by atoms with Crippen LogP contribution in [0.3, 0.4) is 0 Å². The lowest BCUT2D eigenvalue weighted by Gasteiger charge is -2.38. The van der Waals surface area contributed by atoms with Crippen LogP contribution in [0.5, 0.6) is 5.75 Å². The van der Waals surface area contributed by atoms with Gasteiger partial charge < -0.3 is 16.2 Å². The normalized spacial score (nSPS) is 21.0. The highest BCUT2D eigenvalue weighted by atomic mass is 16.5. The van der Waals surface area contributed by atoms with Crippen molar-refractivity contribution in [1.82, 2.24) is 4.90 Å². The first-order chi connectivity index (χ1) is 10.1. The number of carbonyl (C=O) groups excluding carboxylic acids is 1. The minimum atomic E-state index is -0.466. The first-order valence-electron chi connectivity index (χ1n) is 7.56. The Kier molecular flexibility index (Phi) is 5.59. The first-order valence-corrected chi connectivity index (χ1v) is 7.56. The van der Waals surface area contributed by atoms with Gasteiger partial charge in [0.15, 0.2) is 6.61 Å². The number of primary amides is 1. The monoisotopic (exact) mass is 291 g/mol. The van der Waals surface area contributed by atoms with Crippen molar-refractivity contribution in [2.24, 2.45) is 11.5 Å². The van der Waals surface area contributed by atoms with Crippen LogP contribution in [0.25, 0.3) is 0 Å². The van der Waals surface area contributed by atoms with E-state index in [4.69, 9.17) is 16.2 Å². The second-order valence-corrected chi connectivity index (χ2v) is 5.79. The Hall–Kier alpha value is -1.59. The number of ether oxygens (including phenoxy) is 1. The zero-order valence-corrected chi connectivity index (χ0v) is 12.6. The number of hydrogen-bond acceptors (Lipinski definition) is 4. The molecule has 0 bridgehead atoms. The maximum absolute atomic E-state index is 10.7. The maximum atomic E-state index is 10.7. The molecule has 21 heavy (non-hydrogen) atoms. The molecule has 4 N–H and O–H groups in total. The van der Waals surface area contributed by atoms with Crippen molar-refractivity contribution in [1.29, 1.82) is 0 Å². The van der Waals surface area contributed by atoms with Gasteiger partial charge in [0.05, 0.1) is 0 Å².